The second-order valence-electron chi connectivity index (χ2n) is 5.77. The Morgan fingerprint density at radius 2 is 2.07 bits per heavy atom. The van der Waals surface area contributed by atoms with Crippen LogP contribution in [0.15, 0.2) is 43.9 Å². The molecule has 0 fully saturated rings. The number of nitriles is 1. The molecule has 0 saturated carbocycles. The lowest BCUT2D eigenvalue weighted by Gasteiger charge is -2.28. The number of carbonyl (C=O) groups is 1. The smallest absolute Gasteiger partial charge is 0.338 e. The molecule has 0 amide bonds. The van der Waals surface area contributed by atoms with Crippen LogP contribution in [-0.4, -0.2) is 19.2 Å². The minimum absolute atomic E-state index is 0.0365. The molecule has 1 aliphatic heterocycles. The SMILES string of the molecule is CCCOc1c(Br)cc(Br)cc1C1C(C#N)=C(N)OC(C)=C1C(=O)OCC. The van der Waals surface area contributed by atoms with E-state index >= 15 is 0 Å². The lowest BCUT2D eigenvalue weighted by Crippen LogP contribution is -2.26. The van der Waals surface area contributed by atoms with Crippen LogP contribution in [0.1, 0.15) is 38.7 Å². The molecule has 0 aliphatic carbocycles. The molecule has 144 valence electrons. The summed E-state index contributed by atoms with van der Waals surface area (Å²) in [7, 11) is 0. The van der Waals surface area contributed by atoms with Crippen molar-refractivity contribution in [3.63, 3.8) is 0 Å². The van der Waals surface area contributed by atoms with Gasteiger partial charge in [0.1, 0.15) is 23.2 Å². The maximum atomic E-state index is 12.7. The van der Waals surface area contributed by atoms with Crippen molar-refractivity contribution >= 4 is 37.8 Å². The molecule has 6 nitrogen and oxygen atoms in total. The molecule has 27 heavy (non-hydrogen) atoms. The van der Waals surface area contributed by atoms with E-state index in [2.05, 4.69) is 37.9 Å². The molecule has 1 atom stereocenters. The number of benzene rings is 1. The van der Waals surface area contributed by atoms with Crippen molar-refractivity contribution in [2.75, 3.05) is 13.2 Å². The van der Waals surface area contributed by atoms with Crippen LogP contribution in [0.4, 0.5) is 0 Å². The Labute approximate surface area is 175 Å². The number of nitrogens with two attached hydrogens (primary N) is 1. The van der Waals surface area contributed by atoms with Crippen LogP contribution in [-0.2, 0) is 14.3 Å². The van der Waals surface area contributed by atoms with Gasteiger partial charge in [0.25, 0.3) is 0 Å². The van der Waals surface area contributed by atoms with Crippen LogP contribution in [0, 0.1) is 11.3 Å². The normalized spacial score (nSPS) is 16.7. The third kappa shape index (κ3) is 4.47. The molecular weight excluding hydrogens is 480 g/mol. The van der Waals surface area contributed by atoms with E-state index < -0.39 is 11.9 Å². The molecule has 1 aromatic carbocycles. The fourth-order valence-corrected chi connectivity index (χ4v) is 4.19. The lowest BCUT2D eigenvalue weighted by atomic mass is 9.82. The van der Waals surface area contributed by atoms with E-state index in [1.165, 1.54) is 0 Å². The molecule has 0 radical (unpaired) electrons. The van der Waals surface area contributed by atoms with Crippen molar-refractivity contribution in [1.82, 2.24) is 0 Å². The molecule has 0 bridgehead atoms. The maximum Gasteiger partial charge on any atom is 0.338 e. The molecule has 8 heteroatoms. The Balaban J connectivity index is 2.75. The van der Waals surface area contributed by atoms with Gasteiger partial charge in [0, 0.05) is 10.0 Å². The highest BCUT2D eigenvalue weighted by atomic mass is 79.9. The standard InChI is InChI=1S/C19H20Br2N2O4/c1-4-6-26-17-12(7-11(20)8-14(17)21)16-13(9-22)18(23)27-10(3)15(16)19(24)25-5-2/h7-8,16H,4-6,23H2,1-3H3. The Bertz CT molecular complexity index is 856. The highest BCUT2D eigenvalue weighted by Gasteiger charge is 2.38. The number of carbonyl (C=O) groups excluding carboxylic acids is 1. The van der Waals surface area contributed by atoms with Crippen LogP contribution in [0.5, 0.6) is 5.75 Å². The summed E-state index contributed by atoms with van der Waals surface area (Å²) in [4.78, 5) is 12.7. The van der Waals surface area contributed by atoms with Crippen molar-refractivity contribution < 1.29 is 19.0 Å². The predicted molar refractivity (Wildman–Crippen MR) is 108 cm³/mol. The van der Waals surface area contributed by atoms with Crippen molar-refractivity contribution in [3.05, 3.63) is 49.4 Å². The van der Waals surface area contributed by atoms with Gasteiger partial charge >= 0.3 is 5.97 Å². The average molecular weight is 500 g/mol. The van der Waals surface area contributed by atoms with Gasteiger partial charge in [-0.05, 0) is 48.3 Å². The summed E-state index contributed by atoms with van der Waals surface area (Å²) in [5, 5.41) is 9.71. The van der Waals surface area contributed by atoms with E-state index in [0.717, 1.165) is 10.9 Å². The van der Waals surface area contributed by atoms with Gasteiger partial charge in [0.05, 0.1) is 29.2 Å². The van der Waals surface area contributed by atoms with E-state index in [0.29, 0.717) is 28.2 Å². The number of hydrogen-bond acceptors (Lipinski definition) is 6. The van der Waals surface area contributed by atoms with Crippen molar-refractivity contribution in [1.29, 1.82) is 5.26 Å². The molecule has 2 N–H and O–H groups in total. The zero-order valence-electron chi connectivity index (χ0n) is 15.3. The van der Waals surface area contributed by atoms with Crippen molar-refractivity contribution in [2.24, 2.45) is 5.73 Å². The molecule has 1 heterocycles. The Morgan fingerprint density at radius 1 is 1.37 bits per heavy atom. The summed E-state index contributed by atoms with van der Waals surface area (Å²) >= 11 is 6.97. The Hall–Kier alpha value is -1.98. The predicted octanol–water partition coefficient (Wildman–Crippen LogP) is 4.65. The molecule has 1 unspecified atom stereocenters. The van der Waals surface area contributed by atoms with E-state index in [9.17, 15) is 10.1 Å². The van der Waals surface area contributed by atoms with Crippen LogP contribution in [0.3, 0.4) is 0 Å². The summed E-state index contributed by atoms with van der Waals surface area (Å²) in [5.41, 5.74) is 6.94. The molecule has 0 saturated heterocycles. The molecule has 0 aromatic heterocycles. The van der Waals surface area contributed by atoms with E-state index in [-0.39, 0.29) is 23.6 Å². The summed E-state index contributed by atoms with van der Waals surface area (Å²) in [6.45, 7) is 6.01. The van der Waals surface area contributed by atoms with Gasteiger partial charge in [-0.1, -0.05) is 22.9 Å². The van der Waals surface area contributed by atoms with Gasteiger partial charge in [0.15, 0.2) is 0 Å². The van der Waals surface area contributed by atoms with E-state index in [1.54, 1.807) is 13.8 Å². The third-order valence-corrected chi connectivity index (χ3v) is 4.95. The van der Waals surface area contributed by atoms with Gasteiger partial charge in [-0.3, -0.25) is 0 Å². The fourth-order valence-electron chi connectivity index (χ4n) is 2.82. The number of hydrogen-bond donors (Lipinski definition) is 1. The quantitative estimate of drug-likeness (QED) is 0.572. The van der Waals surface area contributed by atoms with Crippen molar-refractivity contribution in [3.8, 4) is 11.8 Å². The highest BCUT2D eigenvalue weighted by Crippen LogP contribution is 2.46. The topological polar surface area (TPSA) is 94.6 Å². The number of ether oxygens (including phenoxy) is 3. The summed E-state index contributed by atoms with van der Waals surface area (Å²) in [6, 6.07) is 5.72. The van der Waals surface area contributed by atoms with Gasteiger partial charge in [-0.2, -0.15) is 5.26 Å². The first kappa shape index (κ1) is 21.3. The Morgan fingerprint density at radius 3 is 2.67 bits per heavy atom. The number of nitrogens with zero attached hydrogens (tertiary/aromatic N) is 1. The Kier molecular flexibility index (Phi) is 7.33. The van der Waals surface area contributed by atoms with Crippen LogP contribution in [0.25, 0.3) is 0 Å². The first-order valence-electron chi connectivity index (χ1n) is 8.42. The molecule has 2 rings (SSSR count). The third-order valence-electron chi connectivity index (χ3n) is 3.90. The molecule has 1 aliphatic rings. The lowest BCUT2D eigenvalue weighted by molar-refractivity contribution is -0.139. The summed E-state index contributed by atoms with van der Waals surface area (Å²) < 4.78 is 18.0. The fraction of sp³-hybridized carbons (Fsp3) is 0.368. The van der Waals surface area contributed by atoms with Crippen LogP contribution < -0.4 is 10.5 Å². The van der Waals surface area contributed by atoms with Gasteiger partial charge < -0.3 is 19.9 Å². The monoisotopic (exact) mass is 498 g/mol. The summed E-state index contributed by atoms with van der Waals surface area (Å²) in [5.74, 6) is -0.513. The van der Waals surface area contributed by atoms with E-state index in [4.69, 9.17) is 19.9 Å². The number of rotatable bonds is 6. The van der Waals surface area contributed by atoms with Gasteiger partial charge in [-0.15, -0.1) is 0 Å². The highest BCUT2D eigenvalue weighted by molar-refractivity contribution is 9.11. The summed E-state index contributed by atoms with van der Waals surface area (Å²) in [6.07, 6.45) is 0.804. The molecule has 0 spiro atoms. The molecular formula is C19H20Br2N2O4. The second-order valence-corrected chi connectivity index (χ2v) is 7.54. The second kappa shape index (κ2) is 9.29. The first-order chi connectivity index (χ1) is 12.8. The number of halogens is 2. The largest absolute Gasteiger partial charge is 0.492 e. The minimum Gasteiger partial charge on any atom is -0.492 e. The first-order valence-corrected chi connectivity index (χ1v) is 10.0. The van der Waals surface area contributed by atoms with Gasteiger partial charge in [0.2, 0.25) is 5.88 Å². The van der Waals surface area contributed by atoms with Crippen LogP contribution in [0.2, 0.25) is 0 Å². The number of esters is 1. The van der Waals surface area contributed by atoms with Crippen molar-refractivity contribution in [2.45, 2.75) is 33.1 Å². The average Bonchev–Trinajstić information content (AvgIpc) is 2.60. The van der Waals surface area contributed by atoms with E-state index in [1.807, 2.05) is 19.1 Å². The van der Waals surface area contributed by atoms with Gasteiger partial charge in [-0.25, -0.2) is 4.79 Å². The zero-order chi connectivity index (χ0) is 20.1. The van der Waals surface area contributed by atoms with Crippen LogP contribution >= 0.6 is 31.9 Å². The zero-order valence-corrected chi connectivity index (χ0v) is 18.4. The minimum atomic E-state index is -0.761. The maximum absolute atomic E-state index is 12.7. The molecule has 1 aromatic rings. The number of allylic oxidation sites excluding steroid dienone is 2.